The zero-order chi connectivity index (χ0) is 24.8. The van der Waals surface area contributed by atoms with E-state index in [-0.39, 0.29) is 16.6 Å². The van der Waals surface area contributed by atoms with Gasteiger partial charge < -0.3 is 5.32 Å². The number of halogens is 4. The molecule has 1 aromatic heterocycles. The number of thioether (sulfide) groups is 1. The molecule has 4 nitrogen and oxygen atoms in total. The van der Waals surface area contributed by atoms with E-state index in [0.29, 0.717) is 23.4 Å². The van der Waals surface area contributed by atoms with Gasteiger partial charge in [-0.15, -0.1) is 0 Å². The lowest BCUT2D eigenvalue weighted by molar-refractivity contribution is -0.141. The van der Waals surface area contributed by atoms with Gasteiger partial charge in [-0.2, -0.15) is 30.0 Å². The summed E-state index contributed by atoms with van der Waals surface area (Å²) in [6, 6.07) is 24.0. The van der Waals surface area contributed by atoms with Crippen molar-refractivity contribution < 1.29 is 18.0 Å². The molecule has 3 aromatic carbocycles. The summed E-state index contributed by atoms with van der Waals surface area (Å²) in [5, 5.41) is 6.89. The van der Waals surface area contributed by atoms with Crippen LogP contribution in [0.2, 0.25) is 5.02 Å². The lowest BCUT2D eigenvalue weighted by atomic mass is 10.1. The van der Waals surface area contributed by atoms with Gasteiger partial charge in [0.1, 0.15) is 0 Å². The summed E-state index contributed by atoms with van der Waals surface area (Å²) in [6.45, 7) is 0.506. The Bertz CT molecular complexity index is 1290. The number of carbonyl (C=O) groups excluding carboxylic acids is 1. The van der Waals surface area contributed by atoms with Crippen molar-refractivity contribution in [2.45, 2.75) is 11.9 Å². The number of nitrogens with one attached hydrogen (secondary N) is 1. The molecule has 0 radical (unpaired) electrons. The summed E-state index contributed by atoms with van der Waals surface area (Å²) in [7, 11) is 0. The van der Waals surface area contributed by atoms with E-state index in [1.165, 1.54) is 10.2 Å². The molecule has 0 unspecified atom stereocenters. The van der Waals surface area contributed by atoms with Gasteiger partial charge in [0.2, 0.25) is 0 Å². The number of hydrogen-bond donors (Lipinski definition) is 1. The van der Waals surface area contributed by atoms with Crippen LogP contribution in [0.3, 0.4) is 0 Å². The molecular formula is C26H21ClF3N3OS. The molecule has 1 N–H and O–H groups in total. The summed E-state index contributed by atoms with van der Waals surface area (Å²) >= 11 is 7.94. The molecule has 9 heteroatoms. The lowest BCUT2D eigenvalue weighted by Gasteiger charge is -2.10. The smallest absolute Gasteiger partial charge is 0.351 e. The van der Waals surface area contributed by atoms with Crippen molar-refractivity contribution in [3.8, 4) is 16.9 Å². The first-order valence-corrected chi connectivity index (χ1v) is 12.3. The number of benzene rings is 3. The first-order valence-electron chi connectivity index (χ1n) is 10.8. The molecule has 0 saturated carbocycles. The van der Waals surface area contributed by atoms with Crippen LogP contribution in [0.4, 0.5) is 13.2 Å². The Morgan fingerprint density at radius 1 is 0.971 bits per heavy atom. The first-order chi connectivity index (χ1) is 16.8. The second kappa shape index (κ2) is 11.0. The highest BCUT2D eigenvalue weighted by atomic mass is 35.5. The molecule has 1 heterocycles. The lowest BCUT2D eigenvalue weighted by Crippen LogP contribution is -2.25. The van der Waals surface area contributed by atoms with E-state index in [2.05, 4.69) is 22.5 Å². The van der Waals surface area contributed by atoms with E-state index in [9.17, 15) is 18.0 Å². The molecule has 1 amide bonds. The van der Waals surface area contributed by atoms with Crippen LogP contribution in [0.5, 0.6) is 0 Å². The molecule has 180 valence electrons. The van der Waals surface area contributed by atoms with Gasteiger partial charge in [-0.1, -0.05) is 66.2 Å². The van der Waals surface area contributed by atoms with E-state index in [4.69, 9.17) is 11.6 Å². The second-order valence-corrected chi connectivity index (χ2v) is 9.16. The monoisotopic (exact) mass is 515 g/mol. The molecule has 4 aromatic rings. The Morgan fingerprint density at radius 2 is 1.66 bits per heavy atom. The highest BCUT2D eigenvalue weighted by Gasteiger charge is 2.35. The predicted octanol–water partition coefficient (Wildman–Crippen LogP) is 6.87. The highest BCUT2D eigenvalue weighted by Crippen LogP contribution is 2.34. The van der Waals surface area contributed by atoms with Crippen molar-refractivity contribution >= 4 is 29.3 Å². The van der Waals surface area contributed by atoms with Crippen molar-refractivity contribution in [1.82, 2.24) is 15.1 Å². The minimum atomic E-state index is -4.61. The van der Waals surface area contributed by atoms with Gasteiger partial charge in [0, 0.05) is 29.2 Å². The van der Waals surface area contributed by atoms with Crippen molar-refractivity contribution in [2.24, 2.45) is 0 Å². The summed E-state index contributed by atoms with van der Waals surface area (Å²) < 4.78 is 41.3. The van der Waals surface area contributed by atoms with E-state index in [0.717, 1.165) is 17.6 Å². The zero-order valence-electron chi connectivity index (χ0n) is 18.4. The minimum absolute atomic E-state index is 0.217. The summed E-state index contributed by atoms with van der Waals surface area (Å²) in [4.78, 5) is 12.5. The number of hydrogen-bond acceptors (Lipinski definition) is 3. The van der Waals surface area contributed by atoms with Crippen molar-refractivity contribution in [1.29, 1.82) is 0 Å². The molecule has 0 aliphatic heterocycles. The van der Waals surface area contributed by atoms with Crippen molar-refractivity contribution in [3.05, 3.63) is 107 Å². The highest BCUT2D eigenvalue weighted by molar-refractivity contribution is 7.98. The van der Waals surface area contributed by atoms with Crippen LogP contribution in [0, 0.1) is 0 Å². The van der Waals surface area contributed by atoms with E-state index >= 15 is 0 Å². The van der Waals surface area contributed by atoms with Gasteiger partial charge in [0.25, 0.3) is 5.91 Å². The van der Waals surface area contributed by atoms with Gasteiger partial charge in [-0.05, 0) is 35.9 Å². The van der Waals surface area contributed by atoms with E-state index in [1.54, 1.807) is 60.3 Å². The Morgan fingerprint density at radius 3 is 2.34 bits per heavy atom. The Kier molecular flexibility index (Phi) is 7.83. The van der Waals surface area contributed by atoms with Crippen LogP contribution in [0.15, 0.2) is 84.9 Å². The summed E-state index contributed by atoms with van der Waals surface area (Å²) in [6.07, 6.45) is -4.61. The topological polar surface area (TPSA) is 46.9 Å². The Hall–Kier alpha value is -3.23. The maximum absolute atomic E-state index is 13.4. The molecule has 0 fully saturated rings. The molecule has 4 rings (SSSR count). The van der Waals surface area contributed by atoms with E-state index in [1.807, 2.05) is 18.2 Å². The fourth-order valence-corrected chi connectivity index (χ4v) is 4.46. The fraction of sp³-hybridized carbons (Fsp3) is 0.154. The van der Waals surface area contributed by atoms with Gasteiger partial charge in [0.05, 0.1) is 16.4 Å². The third-order valence-electron chi connectivity index (χ3n) is 5.17. The molecular weight excluding hydrogens is 495 g/mol. The third-order valence-corrected chi connectivity index (χ3v) is 6.52. The number of rotatable bonds is 8. The second-order valence-electron chi connectivity index (χ2n) is 7.65. The maximum Gasteiger partial charge on any atom is 0.435 e. The predicted molar refractivity (Wildman–Crippen MR) is 134 cm³/mol. The molecule has 0 atom stereocenters. The van der Waals surface area contributed by atoms with Crippen LogP contribution < -0.4 is 5.32 Å². The van der Waals surface area contributed by atoms with E-state index < -0.39 is 11.9 Å². The molecule has 0 aliphatic carbocycles. The molecule has 35 heavy (non-hydrogen) atoms. The zero-order valence-corrected chi connectivity index (χ0v) is 20.0. The number of carbonyl (C=O) groups is 1. The normalized spacial score (nSPS) is 11.4. The molecule has 0 bridgehead atoms. The molecule has 0 aliphatic rings. The SMILES string of the molecule is O=C(NCCSCc1ccccc1)c1ccc(-c2cc(C(F)(F)F)nn2-c2ccccc2Cl)cc1. The molecule has 0 spiro atoms. The van der Waals surface area contributed by atoms with Crippen molar-refractivity contribution in [2.75, 3.05) is 12.3 Å². The average molecular weight is 516 g/mol. The van der Waals surface area contributed by atoms with Crippen LogP contribution in [-0.4, -0.2) is 28.0 Å². The quantitative estimate of drug-likeness (QED) is 0.260. The van der Waals surface area contributed by atoms with Gasteiger partial charge in [-0.3, -0.25) is 4.79 Å². The maximum atomic E-state index is 13.4. The summed E-state index contributed by atoms with van der Waals surface area (Å²) in [5.74, 6) is 1.38. The minimum Gasteiger partial charge on any atom is -0.351 e. The average Bonchev–Trinajstić information content (AvgIpc) is 3.31. The number of nitrogens with zero attached hydrogens (tertiary/aromatic N) is 2. The van der Waals surface area contributed by atoms with Gasteiger partial charge >= 0.3 is 6.18 Å². The number of amides is 1. The molecule has 0 saturated heterocycles. The van der Waals surface area contributed by atoms with Crippen LogP contribution in [-0.2, 0) is 11.9 Å². The van der Waals surface area contributed by atoms with Crippen LogP contribution in [0.25, 0.3) is 16.9 Å². The number of aromatic nitrogens is 2. The standard InChI is InChI=1S/C26H21ClF3N3OS/c27-21-8-4-5-9-22(21)33-23(16-24(32-33)26(28,29)30)19-10-12-20(13-11-19)25(34)31-14-15-35-17-18-6-2-1-3-7-18/h1-13,16H,14-15,17H2,(H,31,34). The number of para-hydroxylation sites is 1. The third kappa shape index (κ3) is 6.26. The van der Waals surface area contributed by atoms with Crippen molar-refractivity contribution in [3.63, 3.8) is 0 Å². The van der Waals surface area contributed by atoms with Crippen LogP contribution >= 0.6 is 23.4 Å². The van der Waals surface area contributed by atoms with Crippen LogP contribution in [0.1, 0.15) is 21.6 Å². The first kappa shape index (κ1) is 24.9. The van der Waals surface area contributed by atoms with Gasteiger partial charge in [0.15, 0.2) is 5.69 Å². The Labute approximate surface area is 210 Å². The largest absolute Gasteiger partial charge is 0.435 e. The Balaban J connectivity index is 1.45. The van der Waals surface area contributed by atoms with Gasteiger partial charge in [-0.25, -0.2) is 4.68 Å². The number of alkyl halides is 3. The fourth-order valence-electron chi connectivity index (χ4n) is 3.43. The summed E-state index contributed by atoms with van der Waals surface area (Å²) in [5.41, 5.74) is 1.64.